The molecule has 0 aromatic rings. The molecule has 4 aliphatic carbocycles. The zero-order chi connectivity index (χ0) is 30.4. The van der Waals surface area contributed by atoms with Crippen LogP contribution >= 0.6 is 0 Å². The Kier molecular flexibility index (Phi) is 9.86. The molecule has 13 atom stereocenters. The van der Waals surface area contributed by atoms with E-state index >= 15 is 0 Å². The number of carbonyl (C=O) groups is 1. The van der Waals surface area contributed by atoms with Crippen LogP contribution in [-0.4, -0.2) is 64.6 Å². The Morgan fingerprint density at radius 2 is 1.83 bits per heavy atom. The highest BCUT2D eigenvalue weighted by Crippen LogP contribution is 2.67. The SMILES string of the molecule is CC(=O)N[C@H]1[C@H](O[C@H]2CC[C@@]3(C)C(=CC[C@@H]4C3CC[C@@]3(C)C4CC[C@@H]3C(C)CCCC(C)C)C2)O[C@H](CO)[C@@H](O)[C@@H]1O. The molecule has 240 valence electrons. The van der Waals surface area contributed by atoms with Crippen molar-refractivity contribution in [2.45, 2.75) is 149 Å². The number of hydrogen-bond acceptors (Lipinski definition) is 6. The minimum absolute atomic E-state index is 0.0969. The predicted molar refractivity (Wildman–Crippen MR) is 163 cm³/mol. The Hall–Kier alpha value is -0.990. The normalized spacial score (nSPS) is 45.9. The van der Waals surface area contributed by atoms with Crippen molar-refractivity contribution in [2.24, 2.45) is 46.3 Å². The van der Waals surface area contributed by atoms with Crippen LogP contribution in [-0.2, 0) is 14.3 Å². The van der Waals surface area contributed by atoms with Gasteiger partial charge >= 0.3 is 0 Å². The molecule has 3 saturated carbocycles. The molecule has 7 heteroatoms. The number of hydrogen-bond donors (Lipinski definition) is 4. The second kappa shape index (κ2) is 12.8. The molecule has 0 aromatic heterocycles. The summed E-state index contributed by atoms with van der Waals surface area (Å²) in [7, 11) is 0. The van der Waals surface area contributed by atoms with Crippen LogP contribution in [0.4, 0.5) is 0 Å². The van der Waals surface area contributed by atoms with Crippen molar-refractivity contribution in [1.82, 2.24) is 5.32 Å². The van der Waals surface area contributed by atoms with Gasteiger partial charge in [-0.15, -0.1) is 0 Å². The first-order chi connectivity index (χ1) is 19.9. The van der Waals surface area contributed by atoms with E-state index in [1.54, 1.807) is 0 Å². The lowest BCUT2D eigenvalue weighted by Gasteiger charge is -2.58. The summed E-state index contributed by atoms with van der Waals surface area (Å²) in [6, 6.07) is -0.891. The number of ether oxygens (including phenoxy) is 2. The molecule has 7 nitrogen and oxygen atoms in total. The zero-order valence-corrected chi connectivity index (χ0v) is 27.1. The van der Waals surface area contributed by atoms with Crippen LogP contribution in [0.1, 0.15) is 112 Å². The molecule has 0 spiro atoms. The number of fused-ring (bicyclic) bond motifs is 5. The van der Waals surface area contributed by atoms with Gasteiger partial charge in [-0.3, -0.25) is 4.79 Å². The van der Waals surface area contributed by atoms with Crippen LogP contribution in [0, 0.1) is 46.3 Å². The molecule has 4 N–H and O–H groups in total. The first kappa shape index (κ1) is 32.4. The topological polar surface area (TPSA) is 108 Å². The highest BCUT2D eigenvalue weighted by atomic mass is 16.7. The monoisotopic (exact) mass is 589 g/mol. The van der Waals surface area contributed by atoms with E-state index in [-0.39, 0.29) is 17.4 Å². The average Bonchev–Trinajstić information content (AvgIpc) is 3.29. The lowest BCUT2D eigenvalue weighted by atomic mass is 9.47. The van der Waals surface area contributed by atoms with Gasteiger partial charge in [0.05, 0.1) is 12.7 Å². The standard InChI is InChI=1S/C35H59NO6/c1-20(2)8-7-9-21(3)26-12-13-27-25-11-10-23-18-24(14-16-34(23,5)28(25)15-17-35(26,27)6)41-33-30(36-22(4)38)32(40)31(39)29(19-37)42-33/h10,20-21,24-33,37,39-40H,7-9,11-19H2,1-6H3,(H,36,38)/t21?,24-,25-,26+,27?,28?,29+,30+,31+,32+,33+,34-,35+/m0/s1. The van der Waals surface area contributed by atoms with E-state index in [2.05, 4.69) is 46.0 Å². The van der Waals surface area contributed by atoms with Gasteiger partial charge in [0, 0.05) is 6.92 Å². The van der Waals surface area contributed by atoms with Crippen LogP contribution in [0.3, 0.4) is 0 Å². The minimum atomic E-state index is -1.30. The minimum Gasteiger partial charge on any atom is -0.394 e. The average molecular weight is 590 g/mol. The van der Waals surface area contributed by atoms with E-state index in [9.17, 15) is 20.1 Å². The summed E-state index contributed by atoms with van der Waals surface area (Å²) in [5.74, 6) is 4.48. The van der Waals surface area contributed by atoms with E-state index in [1.165, 1.54) is 63.9 Å². The second-order valence-electron chi connectivity index (χ2n) is 15.7. The molecule has 0 bridgehead atoms. The third kappa shape index (κ3) is 5.99. The summed E-state index contributed by atoms with van der Waals surface area (Å²) in [5.41, 5.74) is 2.18. The van der Waals surface area contributed by atoms with Crippen LogP contribution in [0.5, 0.6) is 0 Å². The summed E-state index contributed by atoms with van der Waals surface area (Å²) in [6.45, 7) is 13.3. The van der Waals surface area contributed by atoms with E-state index in [4.69, 9.17) is 9.47 Å². The Balaban J connectivity index is 1.26. The van der Waals surface area contributed by atoms with Crippen LogP contribution < -0.4 is 5.32 Å². The maximum atomic E-state index is 11.9. The Labute approximate surface area is 254 Å². The fourth-order valence-corrected chi connectivity index (χ4v) is 10.5. The van der Waals surface area contributed by atoms with Crippen LogP contribution in [0.25, 0.3) is 0 Å². The van der Waals surface area contributed by atoms with Crippen molar-refractivity contribution < 1.29 is 29.6 Å². The van der Waals surface area contributed by atoms with Crippen molar-refractivity contribution in [1.29, 1.82) is 0 Å². The van der Waals surface area contributed by atoms with Crippen molar-refractivity contribution in [3.05, 3.63) is 11.6 Å². The zero-order valence-electron chi connectivity index (χ0n) is 27.1. The number of aliphatic hydroxyl groups excluding tert-OH is 3. The number of rotatable bonds is 9. The van der Waals surface area contributed by atoms with E-state index in [1.807, 2.05) is 0 Å². The largest absolute Gasteiger partial charge is 0.394 e. The van der Waals surface area contributed by atoms with Gasteiger partial charge in [0.1, 0.15) is 24.4 Å². The van der Waals surface area contributed by atoms with Gasteiger partial charge in [-0.2, -0.15) is 0 Å². The molecule has 4 fully saturated rings. The number of allylic oxidation sites excluding steroid dienone is 1. The maximum absolute atomic E-state index is 11.9. The molecule has 1 saturated heterocycles. The number of carbonyl (C=O) groups excluding carboxylic acids is 1. The highest BCUT2D eigenvalue weighted by Gasteiger charge is 2.59. The van der Waals surface area contributed by atoms with Gasteiger partial charge in [-0.25, -0.2) is 0 Å². The van der Waals surface area contributed by atoms with Gasteiger partial charge in [0.25, 0.3) is 0 Å². The summed E-state index contributed by atoms with van der Waals surface area (Å²) >= 11 is 0. The van der Waals surface area contributed by atoms with Crippen molar-refractivity contribution in [3.63, 3.8) is 0 Å². The van der Waals surface area contributed by atoms with Gasteiger partial charge in [0.15, 0.2) is 6.29 Å². The number of amides is 1. The number of aliphatic hydroxyl groups is 3. The molecule has 1 heterocycles. The Morgan fingerprint density at radius 3 is 2.52 bits per heavy atom. The molecular weight excluding hydrogens is 530 g/mol. The molecule has 1 aliphatic heterocycles. The van der Waals surface area contributed by atoms with Crippen LogP contribution in [0.2, 0.25) is 0 Å². The summed E-state index contributed by atoms with van der Waals surface area (Å²) in [5, 5.41) is 33.5. The molecule has 42 heavy (non-hydrogen) atoms. The van der Waals surface area contributed by atoms with E-state index < -0.39 is 37.3 Å². The van der Waals surface area contributed by atoms with E-state index in [0.717, 1.165) is 54.8 Å². The van der Waals surface area contributed by atoms with Gasteiger partial charge in [-0.05, 0) is 97.7 Å². The quantitative estimate of drug-likeness (QED) is 0.270. The Bertz CT molecular complexity index is 985. The Morgan fingerprint density at radius 1 is 1.07 bits per heavy atom. The molecule has 5 rings (SSSR count). The van der Waals surface area contributed by atoms with Crippen LogP contribution in [0.15, 0.2) is 11.6 Å². The van der Waals surface area contributed by atoms with Crippen molar-refractivity contribution in [3.8, 4) is 0 Å². The summed E-state index contributed by atoms with van der Waals surface area (Å²) in [6.07, 6.45) is 11.5. The van der Waals surface area contributed by atoms with Gasteiger partial charge in [-0.1, -0.05) is 65.5 Å². The predicted octanol–water partition coefficient (Wildman–Crippen LogP) is 5.36. The highest BCUT2D eigenvalue weighted by molar-refractivity contribution is 5.73. The lowest BCUT2D eigenvalue weighted by Crippen LogP contribution is -2.65. The van der Waals surface area contributed by atoms with Gasteiger partial charge < -0.3 is 30.1 Å². The summed E-state index contributed by atoms with van der Waals surface area (Å²) in [4.78, 5) is 11.9. The van der Waals surface area contributed by atoms with Crippen molar-refractivity contribution in [2.75, 3.05) is 6.61 Å². The van der Waals surface area contributed by atoms with E-state index in [0.29, 0.717) is 5.41 Å². The molecule has 1 amide bonds. The molecular formula is C35H59NO6. The first-order valence-corrected chi connectivity index (χ1v) is 17.1. The fourth-order valence-electron chi connectivity index (χ4n) is 10.5. The van der Waals surface area contributed by atoms with Crippen molar-refractivity contribution >= 4 is 5.91 Å². The fraction of sp³-hybridized carbons (Fsp3) is 0.914. The molecule has 0 radical (unpaired) electrons. The molecule has 0 aromatic carbocycles. The molecule has 3 unspecified atom stereocenters. The number of nitrogens with one attached hydrogen (secondary N) is 1. The first-order valence-electron chi connectivity index (χ1n) is 17.1. The second-order valence-corrected chi connectivity index (χ2v) is 15.7. The lowest BCUT2D eigenvalue weighted by molar-refractivity contribution is -0.284. The third-order valence-electron chi connectivity index (χ3n) is 12.8. The molecule has 5 aliphatic rings. The smallest absolute Gasteiger partial charge is 0.217 e. The van der Waals surface area contributed by atoms with Gasteiger partial charge in [0.2, 0.25) is 5.91 Å². The maximum Gasteiger partial charge on any atom is 0.217 e. The third-order valence-corrected chi connectivity index (χ3v) is 12.8. The summed E-state index contributed by atoms with van der Waals surface area (Å²) < 4.78 is 12.3.